The zero-order chi connectivity index (χ0) is 19.2. The molecular formula is C17H15N5O3S2. The third-order valence-electron chi connectivity index (χ3n) is 3.51. The van der Waals surface area contributed by atoms with Gasteiger partial charge in [0.05, 0.1) is 13.2 Å². The van der Waals surface area contributed by atoms with Gasteiger partial charge in [-0.25, -0.2) is 9.78 Å². The summed E-state index contributed by atoms with van der Waals surface area (Å²) in [6.45, 7) is 2.26. The Hall–Kier alpha value is -3.03. The van der Waals surface area contributed by atoms with Crippen molar-refractivity contribution in [3.05, 3.63) is 40.6 Å². The van der Waals surface area contributed by atoms with Gasteiger partial charge in [0.2, 0.25) is 5.91 Å². The van der Waals surface area contributed by atoms with Gasteiger partial charge in [0.15, 0.2) is 0 Å². The molecule has 0 radical (unpaired) electrons. The summed E-state index contributed by atoms with van der Waals surface area (Å²) in [5, 5.41) is 19.6. The highest BCUT2D eigenvalue weighted by Gasteiger charge is 2.23. The van der Waals surface area contributed by atoms with E-state index in [0.29, 0.717) is 10.6 Å². The second-order valence-corrected chi connectivity index (χ2v) is 7.12. The normalized spacial score (nSPS) is 10.4. The number of thiophene rings is 2. The number of aryl methyl sites for hydroxylation is 1. The number of nitriles is 1. The van der Waals surface area contributed by atoms with Crippen molar-refractivity contribution >= 4 is 39.6 Å². The Morgan fingerprint density at radius 1 is 1.41 bits per heavy atom. The molecule has 0 saturated carbocycles. The van der Waals surface area contributed by atoms with Crippen molar-refractivity contribution < 1.29 is 14.3 Å². The minimum Gasteiger partial charge on any atom is -0.462 e. The number of amides is 1. The van der Waals surface area contributed by atoms with Crippen LogP contribution in [0.2, 0.25) is 0 Å². The van der Waals surface area contributed by atoms with E-state index < -0.39 is 5.97 Å². The van der Waals surface area contributed by atoms with E-state index in [1.165, 1.54) is 33.7 Å². The van der Waals surface area contributed by atoms with Crippen LogP contribution in [0.5, 0.6) is 0 Å². The molecule has 0 fully saturated rings. The van der Waals surface area contributed by atoms with E-state index in [2.05, 4.69) is 15.4 Å². The predicted molar refractivity (Wildman–Crippen MR) is 102 cm³/mol. The number of nitrogens with zero attached hydrogens (tertiary/aromatic N) is 4. The number of ether oxygens (including phenoxy) is 1. The second-order valence-electron chi connectivity index (χ2n) is 5.29. The smallest absolute Gasteiger partial charge is 0.341 e. The first-order valence-electron chi connectivity index (χ1n) is 8.04. The summed E-state index contributed by atoms with van der Waals surface area (Å²) in [7, 11) is 0. The molecule has 0 atom stereocenters. The zero-order valence-corrected chi connectivity index (χ0v) is 16.0. The molecule has 3 heterocycles. The average molecular weight is 401 g/mol. The molecule has 0 spiro atoms. The van der Waals surface area contributed by atoms with E-state index in [9.17, 15) is 9.59 Å². The summed E-state index contributed by atoms with van der Waals surface area (Å²) in [4.78, 5) is 29.5. The number of carbonyl (C=O) groups is 2. The van der Waals surface area contributed by atoms with Gasteiger partial charge in [-0.2, -0.15) is 5.26 Å². The molecule has 0 aliphatic heterocycles. The Morgan fingerprint density at radius 2 is 2.26 bits per heavy atom. The number of anilines is 1. The van der Waals surface area contributed by atoms with Gasteiger partial charge in [0.1, 0.15) is 23.0 Å². The predicted octanol–water partition coefficient (Wildman–Crippen LogP) is 3.15. The molecule has 3 aromatic rings. The summed E-state index contributed by atoms with van der Waals surface area (Å²) < 4.78 is 6.59. The molecule has 8 nitrogen and oxygen atoms in total. The maximum Gasteiger partial charge on any atom is 0.341 e. The number of carbonyl (C=O) groups excluding carboxylic acids is 2. The van der Waals surface area contributed by atoms with Gasteiger partial charge in [-0.3, -0.25) is 9.48 Å². The zero-order valence-electron chi connectivity index (χ0n) is 14.3. The van der Waals surface area contributed by atoms with Gasteiger partial charge in [0.25, 0.3) is 5.82 Å². The monoisotopic (exact) mass is 401 g/mol. The van der Waals surface area contributed by atoms with Gasteiger partial charge < -0.3 is 10.1 Å². The molecule has 1 amide bonds. The Bertz CT molecular complexity index is 985. The van der Waals surface area contributed by atoms with Crippen LogP contribution in [0.4, 0.5) is 5.00 Å². The van der Waals surface area contributed by atoms with E-state index in [1.54, 1.807) is 6.92 Å². The minimum absolute atomic E-state index is 0.0545. The van der Waals surface area contributed by atoms with Gasteiger partial charge in [-0.15, -0.1) is 27.8 Å². The number of hydrogen-bond acceptors (Lipinski definition) is 8. The van der Waals surface area contributed by atoms with Crippen molar-refractivity contribution in [1.29, 1.82) is 5.26 Å². The van der Waals surface area contributed by atoms with Crippen molar-refractivity contribution in [2.24, 2.45) is 0 Å². The van der Waals surface area contributed by atoms with Gasteiger partial charge in [0, 0.05) is 22.2 Å². The molecule has 10 heteroatoms. The number of esters is 1. The van der Waals surface area contributed by atoms with Crippen molar-refractivity contribution in [1.82, 2.24) is 14.8 Å². The lowest BCUT2D eigenvalue weighted by Gasteiger charge is -2.08. The summed E-state index contributed by atoms with van der Waals surface area (Å²) in [6.07, 6.45) is 1.53. The van der Waals surface area contributed by atoms with Crippen LogP contribution in [0, 0.1) is 11.3 Å². The Balaban J connectivity index is 1.74. The number of rotatable bonds is 7. The summed E-state index contributed by atoms with van der Waals surface area (Å²) in [5.74, 6) is -0.680. The lowest BCUT2D eigenvalue weighted by molar-refractivity contribution is -0.116. The van der Waals surface area contributed by atoms with Gasteiger partial charge >= 0.3 is 5.97 Å². The molecule has 27 heavy (non-hydrogen) atoms. The van der Waals surface area contributed by atoms with Gasteiger partial charge in [-0.1, -0.05) is 6.07 Å². The number of aromatic nitrogens is 3. The van der Waals surface area contributed by atoms with E-state index in [4.69, 9.17) is 10.00 Å². The Labute approximate surface area is 163 Å². The fraction of sp³-hybridized carbons (Fsp3) is 0.235. The summed E-state index contributed by atoms with van der Waals surface area (Å²) in [6, 6.07) is 5.65. The molecule has 0 aromatic carbocycles. The van der Waals surface area contributed by atoms with E-state index in [1.807, 2.05) is 29.0 Å². The van der Waals surface area contributed by atoms with Crippen LogP contribution in [0.25, 0.3) is 10.4 Å². The molecule has 0 bridgehead atoms. The third kappa shape index (κ3) is 4.39. The first-order valence-corrected chi connectivity index (χ1v) is 9.80. The minimum atomic E-state index is -0.465. The largest absolute Gasteiger partial charge is 0.462 e. The molecule has 3 aromatic heterocycles. The highest BCUT2D eigenvalue weighted by molar-refractivity contribution is 7.17. The van der Waals surface area contributed by atoms with E-state index in [-0.39, 0.29) is 31.3 Å². The maximum absolute atomic E-state index is 12.4. The summed E-state index contributed by atoms with van der Waals surface area (Å²) in [5.41, 5.74) is 1.11. The van der Waals surface area contributed by atoms with Crippen LogP contribution in [0.1, 0.15) is 29.5 Å². The SMILES string of the molecule is CCOC(=O)c1c(-c2cccs2)csc1NC(=O)CCn1cnc(C#N)n1. The molecule has 0 aliphatic rings. The standard InChI is InChI=1S/C17H15N5O3S2/c1-2-25-17(24)15-11(12-4-3-7-26-12)9-27-16(15)20-14(23)5-6-22-10-19-13(8-18)21-22/h3-4,7,9-10H,2,5-6H2,1H3,(H,20,23). The molecule has 0 saturated heterocycles. The van der Waals surface area contributed by atoms with Crippen LogP contribution >= 0.6 is 22.7 Å². The van der Waals surface area contributed by atoms with E-state index >= 15 is 0 Å². The molecule has 0 aliphatic carbocycles. The molecule has 1 N–H and O–H groups in total. The highest BCUT2D eigenvalue weighted by Crippen LogP contribution is 2.38. The number of nitrogens with one attached hydrogen (secondary N) is 1. The van der Waals surface area contributed by atoms with E-state index in [0.717, 1.165) is 10.4 Å². The fourth-order valence-electron chi connectivity index (χ4n) is 2.33. The third-order valence-corrected chi connectivity index (χ3v) is 5.31. The molecule has 0 unspecified atom stereocenters. The van der Waals surface area contributed by atoms with Crippen molar-refractivity contribution in [2.45, 2.75) is 19.9 Å². The van der Waals surface area contributed by atoms with Crippen molar-refractivity contribution in [3.63, 3.8) is 0 Å². The van der Waals surface area contributed by atoms with Crippen LogP contribution < -0.4 is 5.32 Å². The highest BCUT2D eigenvalue weighted by atomic mass is 32.1. The quantitative estimate of drug-likeness (QED) is 0.609. The topological polar surface area (TPSA) is 110 Å². The van der Waals surface area contributed by atoms with Gasteiger partial charge in [-0.05, 0) is 18.4 Å². The molecule has 3 rings (SSSR count). The van der Waals surface area contributed by atoms with Crippen LogP contribution in [0.15, 0.2) is 29.2 Å². The maximum atomic E-state index is 12.4. The average Bonchev–Trinajstić information content (AvgIpc) is 3.40. The molecular weight excluding hydrogens is 386 g/mol. The van der Waals surface area contributed by atoms with Crippen LogP contribution in [-0.2, 0) is 16.1 Å². The first-order chi connectivity index (χ1) is 13.1. The van der Waals surface area contributed by atoms with Crippen molar-refractivity contribution in [2.75, 3.05) is 11.9 Å². The number of hydrogen-bond donors (Lipinski definition) is 1. The Morgan fingerprint density at radius 3 is 2.93 bits per heavy atom. The first kappa shape index (κ1) is 18.8. The van der Waals surface area contributed by atoms with Crippen LogP contribution in [0.3, 0.4) is 0 Å². The summed E-state index contributed by atoms with van der Waals surface area (Å²) >= 11 is 2.79. The second kappa shape index (κ2) is 8.57. The Kier molecular flexibility index (Phi) is 5.95. The molecule has 138 valence electrons. The fourth-order valence-corrected chi connectivity index (χ4v) is 4.12. The van der Waals surface area contributed by atoms with Crippen molar-refractivity contribution in [3.8, 4) is 16.5 Å². The lowest BCUT2D eigenvalue weighted by atomic mass is 10.1. The van der Waals surface area contributed by atoms with Crippen LogP contribution in [-0.4, -0.2) is 33.2 Å². The lowest BCUT2D eigenvalue weighted by Crippen LogP contribution is -2.16.